The monoisotopic (exact) mass is 215 g/mol. The molecule has 0 amide bonds. The first-order valence-corrected chi connectivity index (χ1v) is 5.21. The van der Waals surface area contributed by atoms with Crippen LogP contribution < -0.4 is 5.73 Å². The van der Waals surface area contributed by atoms with Crippen LogP contribution in [0.3, 0.4) is 0 Å². The first-order valence-electron chi connectivity index (χ1n) is 5.21. The molecular weight excluding hydrogens is 194 g/mol. The Hall–Kier alpha value is -0.900. The van der Waals surface area contributed by atoms with E-state index in [2.05, 4.69) is 0 Å². The second kappa shape index (κ2) is 5.26. The number of rotatable bonds is 6. The molecule has 0 saturated carbocycles. The van der Waals surface area contributed by atoms with E-state index in [1.54, 1.807) is 0 Å². The average molecular weight is 215 g/mol. The van der Waals surface area contributed by atoms with Gasteiger partial charge in [0.25, 0.3) is 0 Å². The molecule has 0 bridgehead atoms. The van der Waals surface area contributed by atoms with Crippen LogP contribution in [0.15, 0.2) is 0 Å². The fourth-order valence-electron chi connectivity index (χ4n) is 1.17. The summed E-state index contributed by atoms with van der Waals surface area (Å²) in [5.41, 5.74) is 5.19. The second-order valence-corrected chi connectivity index (χ2v) is 4.78. The third-order valence-corrected chi connectivity index (χ3v) is 3.08. The average Bonchev–Trinajstić information content (AvgIpc) is 2.12. The van der Waals surface area contributed by atoms with Gasteiger partial charge in [0.2, 0.25) is 0 Å². The number of carbonyl (C=O) groups is 2. The van der Waals surface area contributed by atoms with Gasteiger partial charge >= 0.3 is 5.97 Å². The molecule has 0 radical (unpaired) electrons. The Morgan fingerprint density at radius 2 is 1.80 bits per heavy atom. The Morgan fingerprint density at radius 3 is 2.13 bits per heavy atom. The molecule has 0 aromatic heterocycles. The van der Waals surface area contributed by atoms with Gasteiger partial charge in [-0.3, -0.25) is 9.59 Å². The van der Waals surface area contributed by atoms with E-state index in [0.717, 1.165) is 0 Å². The number of carboxylic acid groups (broad SMARTS) is 1. The minimum Gasteiger partial charge on any atom is -0.481 e. The highest BCUT2D eigenvalue weighted by molar-refractivity contribution is 5.89. The van der Waals surface area contributed by atoms with Crippen LogP contribution in [0, 0.1) is 11.3 Å². The van der Waals surface area contributed by atoms with Gasteiger partial charge in [0.1, 0.15) is 0 Å². The van der Waals surface area contributed by atoms with Gasteiger partial charge in [0, 0.05) is 11.8 Å². The smallest absolute Gasteiger partial charge is 0.303 e. The van der Waals surface area contributed by atoms with Gasteiger partial charge < -0.3 is 10.8 Å². The Bertz CT molecular complexity index is 246. The number of Topliss-reactive ketones (excluding diaryl/α,β-unsaturated/α-hetero) is 1. The summed E-state index contributed by atoms with van der Waals surface area (Å²) in [5, 5.41) is 8.49. The van der Waals surface area contributed by atoms with Crippen LogP contribution in [-0.4, -0.2) is 22.9 Å². The lowest BCUT2D eigenvalue weighted by Crippen LogP contribution is -2.43. The summed E-state index contributed by atoms with van der Waals surface area (Å²) in [4.78, 5) is 22.2. The molecule has 88 valence electrons. The van der Waals surface area contributed by atoms with Crippen LogP contribution in [0.4, 0.5) is 0 Å². The summed E-state index contributed by atoms with van der Waals surface area (Å²) < 4.78 is 0. The number of ketones is 1. The fraction of sp³-hybridized carbons (Fsp3) is 0.818. The van der Waals surface area contributed by atoms with Crippen molar-refractivity contribution < 1.29 is 14.7 Å². The number of nitrogens with two attached hydrogens (primary N) is 1. The summed E-state index contributed by atoms with van der Waals surface area (Å²) in [6.45, 7) is 7.62. The molecule has 0 aromatic carbocycles. The van der Waals surface area contributed by atoms with Crippen LogP contribution in [0.5, 0.6) is 0 Å². The van der Waals surface area contributed by atoms with Crippen molar-refractivity contribution in [3.63, 3.8) is 0 Å². The molecule has 0 aliphatic carbocycles. The standard InChI is InChI=1S/C11H21NO3/c1-7(2)11(3,4)10(15)8(12)5-6-9(13)14/h7-8H,5-6,12H2,1-4H3,(H,13,14). The van der Waals surface area contributed by atoms with Gasteiger partial charge in [-0.15, -0.1) is 0 Å². The van der Waals surface area contributed by atoms with E-state index in [1.807, 2.05) is 27.7 Å². The molecule has 3 N–H and O–H groups in total. The Balaban J connectivity index is 4.38. The van der Waals surface area contributed by atoms with E-state index in [4.69, 9.17) is 10.8 Å². The number of hydrogen-bond acceptors (Lipinski definition) is 3. The summed E-state index contributed by atoms with van der Waals surface area (Å²) in [5.74, 6) is -0.778. The van der Waals surface area contributed by atoms with Gasteiger partial charge in [-0.2, -0.15) is 0 Å². The van der Waals surface area contributed by atoms with Crippen molar-refractivity contribution in [3.8, 4) is 0 Å². The van der Waals surface area contributed by atoms with Crippen LogP contribution in [0.2, 0.25) is 0 Å². The number of carboxylic acids is 1. The molecule has 0 aromatic rings. The van der Waals surface area contributed by atoms with E-state index in [-0.39, 0.29) is 24.5 Å². The number of hydrogen-bond donors (Lipinski definition) is 2. The van der Waals surface area contributed by atoms with Gasteiger partial charge in [-0.25, -0.2) is 0 Å². The molecule has 0 saturated heterocycles. The Kier molecular flexibility index (Phi) is 4.94. The maximum Gasteiger partial charge on any atom is 0.303 e. The van der Waals surface area contributed by atoms with E-state index in [9.17, 15) is 9.59 Å². The fourth-order valence-corrected chi connectivity index (χ4v) is 1.17. The van der Waals surface area contributed by atoms with Gasteiger partial charge in [0.15, 0.2) is 5.78 Å². The van der Waals surface area contributed by atoms with Crippen molar-refractivity contribution in [1.82, 2.24) is 0 Å². The topological polar surface area (TPSA) is 80.4 Å². The molecule has 1 unspecified atom stereocenters. The quantitative estimate of drug-likeness (QED) is 0.702. The van der Waals surface area contributed by atoms with Gasteiger partial charge in [-0.1, -0.05) is 27.7 Å². The highest BCUT2D eigenvalue weighted by Crippen LogP contribution is 2.28. The Morgan fingerprint density at radius 1 is 1.33 bits per heavy atom. The lowest BCUT2D eigenvalue weighted by atomic mass is 9.74. The van der Waals surface area contributed by atoms with Crippen molar-refractivity contribution in [2.45, 2.75) is 46.6 Å². The highest BCUT2D eigenvalue weighted by atomic mass is 16.4. The van der Waals surface area contributed by atoms with Crippen molar-refractivity contribution in [2.24, 2.45) is 17.1 Å². The molecule has 4 heteroatoms. The van der Waals surface area contributed by atoms with E-state index in [1.165, 1.54) is 0 Å². The maximum atomic E-state index is 11.9. The van der Waals surface area contributed by atoms with E-state index < -0.39 is 17.4 Å². The molecule has 0 fully saturated rings. The van der Waals surface area contributed by atoms with Crippen molar-refractivity contribution in [1.29, 1.82) is 0 Å². The molecule has 15 heavy (non-hydrogen) atoms. The van der Waals surface area contributed by atoms with E-state index in [0.29, 0.717) is 0 Å². The molecule has 0 spiro atoms. The minimum absolute atomic E-state index is 0.0545. The molecule has 0 heterocycles. The second-order valence-electron chi connectivity index (χ2n) is 4.78. The predicted molar refractivity (Wildman–Crippen MR) is 58.5 cm³/mol. The van der Waals surface area contributed by atoms with Crippen LogP contribution >= 0.6 is 0 Å². The maximum absolute atomic E-state index is 11.9. The number of aliphatic carboxylic acids is 1. The van der Waals surface area contributed by atoms with E-state index >= 15 is 0 Å². The summed E-state index contributed by atoms with van der Waals surface area (Å²) in [6, 6.07) is -0.668. The highest BCUT2D eigenvalue weighted by Gasteiger charge is 2.34. The third-order valence-electron chi connectivity index (χ3n) is 3.08. The molecule has 1 atom stereocenters. The molecule has 0 rings (SSSR count). The molecule has 4 nitrogen and oxygen atoms in total. The van der Waals surface area contributed by atoms with Crippen LogP contribution in [0.1, 0.15) is 40.5 Å². The first kappa shape index (κ1) is 14.1. The minimum atomic E-state index is -0.916. The number of carbonyl (C=O) groups excluding carboxylic acids is 1. The molecule has 0 aliphatic rings. The lowest BCUT2D eigenvalue weighted by molar-refractivity contribution is -0.137. The Labute approximate surface area is 90.8 Å². The normalized spacial score (nSPS) is 14.0. The van der Waals surface area contributed by atoms with Gasteiger partial charge in [0.05, 0.1) is 6.04 Å². The lowest BCUT2D eigenvalue weighted by Gasteiger charge is -2.30. The molecular formula is C11H21NO3. The summed E-state index contributed by atoms with van der Waals surface area (Å²) in [7, 11) is 0. The first-order chi connectivity index (χ1) is 6.69. The largest absolute Gasteiger partial charge is 0.481 e. The summed E-state index contributed by atoms with van der Waals surface area (Å²) >= 11 is 0. The zero-order valence-corrected chi connectivity index (χ0v) is 9.91. The molecule has 0 aliphatic heterocycles. The summed E-state index contributed by atoms with van der Waals surface area (Å²) in [6.07, 6.45) is 0.158. The van der Waals surface area contributed by atoms with Crippen LogP contribution in [0.25, 0.3) is 0 Å². The zero-order valence-electron chi connectivity index (χ0n) is 9.91. The SMILES string of the molecule is CC(C)C(C)(C)C(=O)C(N)CCC(=O)O. The van der Waals surface area contributed by atoms with Crippen molar-refractivity contribution >= 4 is 11.8 Å². The van der Waals surface area contributed by atoms with Crippen molar-refractivity contribution in [3.05, 3.63) is 0 Å². The third kappa shape index (κ3) is 4.00. The van der Waals surface area contributed by atoms with Crippen molar-refractivity contribution in [2.75, 3.05) is 0 Å². The van der Waals surface area contributed by atoms with Gasteiger partial charge in [-0.05, 0) is 12.3 Å². The predicted octanol–water partition coefficient (Wildman–Crippen LogP) is 1.43. The zero-order chi connectivity index (χ0) is 12.2. The van der Waals surface area contributed by atoms with Crippen LogP contribution in [-0.2, 0) is 9.59 Å².